The van der Waals surface area contributed by atoms with Crippen LogP contribution < -0.4 is 5.32 Å². The van der Waals surface area contributed by atoms with Gasteiger partial charge in [0.2, 0.25) is 5.91 Å². The van der Waals surface area contributed by atoms with E-state index in [0.29, 0.717) is 19.5 Å². The van der Waals surface area contributed by atoms with Gasteiger partial charge in [-0.25, -0.2) is 13.4 Å². The summed E-state index contributed by atoms with van der Waals surface area (Å²) in [7, 11) is -3.20. The van der Waals surface area contributed by atoms with E-state index < -0.39 is 9.84 Å². The summed E-state index contributed by atoms with van der Waals surface area (Å²) >= 11 is 0. The number of sulfone groups is 1. The molecule has 1 N–H and O–H groups in total. The summed E-state index contributed by atoms with van der Waals surface area (Å²) in [5.74, 6) is -0.0648. The maximum Gasteiger partial charge on any atom is 0.222 e. The quantitative estimate of drug-likeness (QED) is 0.733. The van der Waals surface area contributed by atoms with Crippen LogP contribution >= 0.6 is 0 Å². The monoisotopic (exact) mass is 357 g/mol. The maximum atomic E-state index is 12.0. The minimum absolute atomic E-state index is 0.0648. The van der Waals surface area contributed by atoms with Gasteiger partial charge in [-0.05, 0) is 29.8 Å². The Labute approximate surface area is 146 Å². The molecule has 0 aliphatic carbocycles. The van der Waals surface area contributed by atoms with Gasteiger partial charge in [-0.2, -0.15) is 0 Å². The number of benzene rings is 2. The van der Waals surface area contributed by atoms with Gasteiger partial charge in [0, 0.05) is 25.8 Å². The molecule has 1 amide bonds. The highest BCUT2D eigenvalue weighted by molar-refractivity contribution is 7.90. The Bertz CT molecular complexity index is 992. The van der Waals surface area contributed by atoms with Crippen molar-refractivity contribution in [3.8, 4) is 0 Å². The Hall–Kier alpha value is -2.67. The number of para-hydroxylation sites is 2. The van der Waals surface area contributed by atoms with Gasteiger partial charge in [0.25, 0.3) is 0 Å². The van der Waals surface area contributed by atoms with E-state index in [2.05, 4.69) is 10.3 Å². The molecule has 0 atom stereocenters. The first-order valence-electron chi connectivity index (χ1n) is 7.89. The van der Waals surface area contributed by atoms with Crippen molar-refractivity contribution in [2.75, 3.05) is 6.26 Å². The molecule has 0 unspecified atom stereocenters. The summed E-state index contributed by atoms with van der Waals surface area (Å²) in [5, 5.41) is 2.85. The molecule has 6 nitrogen and oxygen atoms in total. The van der Waals surface area contributed by atoms with E-state index in [1.54, 1.807) is 30.6 Å². The minimum atomic E-state index is -3.20. The molecule has 0 aliphatic heterocycles. The Morgan fingerprint density at radius 2 is 1.84 bits per heavy atom. The molecule has 0 bridgehead atoms. The predicted octanol–water partition coefficient (Wildman–Crippen LogP) is 2.15. The fourth-order valence-corrected chi connectivity index (χ4v) is 3.18. The number of nitrogens with zero attached hydrogens (tertiary/aromatic N) is 2. The van der Waals surface area contributed by atoms with Crippen molar-refractivity contribution in [3.63, 3.8) is 0 Å². The predicted molar refractivity (Wildman–Crippen MR) is 95.7 cm³/mol. The van der Waals surface area contributed by atoms with E-state index in [9.17, 15) is 13.2 Å². The van der Waals surface area contributed by atoms with Gasteiger partial charge in [-0.3, -0.25) is 4.79 Å². The zero-order chi connectivity index (χ0) is 17.9. The van der Waals surface area contributed by atoms with Crippen molar-refractivity contribution in [2.24, 2.45) is 0 Å². The second-order valence-corrected chi connectivity index (χ2v) is 7.89. The van der Waals surface area contributed by atoms with E-state index in [1.807, 2.05) is 28.8 Å². The number of amides is 1. The van der Waals surface area contributed by atoms with Crippen molar-refractivity contribution in [2.45, 2.75) is 24.4 Å². The molecule has 130 valence electrons. The lowest BCUT2D eigenvalue weighted by atomic mass is 10.2. The Balaban J connectivity index is 1.53. The summed E-state index contributed by atoms with van der Waals surface area (Å²) in [6, 6.07) is 14.3. The van der Waals surface area contributed by atoms with Crippen molar-refractivity contribution in [1.29, 1.82) is 0 Å². The first-order valence-corrected chi connectivity index (χ1v) is 9.78. The van der Waals surface area contributed by atoms with E-state index >= 15 is 0 Å². The second kappa shape index (κ2) is 7.06. The molecular weight excluding hydrogens is 338 g/mol. The molecule has 3 aromatic rings. The maximum absolute atomic E-state index is 12.0. The van der Waals surface area contributed by atoms with Crippen LogP contribution in [0.25, 0.3) is 11.0 Å². The first-order chi connectivity index (χ1) is 11.9. The molecule has 1 aromatic heterocycles. The number of imidazole rings is 1. The van der Waals surface area contributed by atoms with Crippen LogP contribution in [0.1, 0.15) is 12.0 Å². The fourth-order valence-electron chi connectivity index (χ4n) is 2.55. The van der Waals surface area contributed by atoms with Crippen molar-refractivity contribution >= 4 is 26.8 Å². The number of rotatable bonds is 6. The van der Waals surface area contributed by atoms with Crippen LogP contribution in [0.4, 0.5) is 0 Å². The largest absolute Gasteiger partial charge is 0.352 e. The summed E-state index contributed by atoms with van der Waals surface area (Å²) in [4.78, 5) is 16.6. The number of aromatic nitrogens is 2. The number of hydrogen-bond donors (Lipinski definition) is 1. The van der Waals surface area contributed by atoms with E-state index in [0.717, 1.165) is 16.6 Å². The molecule has 7 heteroatoms. The molecule has 0 saturated carbocycles. The Kier molecular flexibility index (Phi) is 4.85. The van der Waals surface area contributed by atoms with Crippen LogP contribution in [0, 0.1) is 0 Å². The van der Waals surface area contributed by atoms with Crippen LogP contribution in [-0.4, -0.2) is 30.1 Å². The smallest absolute Gasteiger partial charge is 0.222 e. The number of nitrogens with one attached hydrogen (secondary N) is 1. The zero-order valence-corrected chi connectivity index (χ0v) is 14.7. The van der Waals surface area contributed by atoms with Gasteiger partial charge in [0.15, 0.2) is 9.84 Å². The highest BCUT2D eigenvalue weighted by Crippen LogP contribution is 2.12. The van der Waals surface area contributed by atoms with Crippen LogP contribution in [0.15, 0.2) is 59.8 Å². The SMILES string of the molecule is CS(=O)(=O)c1ccc(CNC(=O)CCn2cnc3ccccc32)cc1. The van der Waals surface area contributed by atoms with Crippen LogP contribution in [0.3, 0.4) is 0 Å². The van der Waals surface area contributed by atoms with Crippen LogP contribution in [0.5, 0.6) is 0 Å². The minimum Gasteiger partial charge on any atom is -0.352 e. The molecule has 3 rings (SSSR count). The highest BCUT2D eigenvalue weighted by Gasteiger charge is 2.08. The van der Waals surface area contributed by atoms with Gasteiger partial charge in [0.1, 0.15) is 0 Å². The number of hydrogen-bond acceptors (Lipinski definition) is 4. The van der Waals surface area contributed by atoms with Gasteiger partial charge in [-0.15, -0.1) is 0 Å². The molecule has 0 radical (unpaired) electrons. The van der Waals surface area contributed by atoms with Gasteiger partial charge in [-0.1, -0.05) is 24.3 Å². The number of fused-ring (bicyclic) bond motifs is 1. The van der Waals surface area contributed by atoms with Crippen LogP contribution in [0.2, 0.25) is 0 Å². The standard InChI is InChI=1S/C18H19N3O3S/c1-25(23,24)15-8-6-14(7-9-15)12-19-18(22)10-11-21-13-20-16-4-2-3-5-17(16)21/h2-9,13H,10-12H2,1H3,(H,19,22). The van der Waals surface area contributed by atoms with Gasteiger partial charge < -0.3 is 9.88 Å². The van der Waals surface area contributed by atoms with E-state index in [-0.39, 0.29) is 10.8 Å². The van der Waals surface area contributed by atoms with Crippen molar-refractivity contribution < 1.29 is 13.2 Å². The molecule has 1 heterocycles. The number of carbonyl (C=O) groups is 1. The van der Waals surface area contributed by atoms with E-state index in [1.165, 1.54) is 6.26 Å². The fraction of sp³-hybridized carbons (Fsp3) is 0.222. The number of carbonyl (C=O) groups excluding carboxylic acids is 1. The zero-order valence-electron chi connectivity index (χ0n) is 13.8. The Morgan fingerprint density at radius 3 is 2.56 bits per heavy atom. The highest BCUT2D eigenvalue weighted by atomic mass is 32.2. The molecule has 2 aromatic carbocycles. The van der Waals surface area contributed by atoms with E-state index in [4.69, 9.17) is 0 Å². The lowest BCUT2D eigenvalue weighted by Gasteiger charge is -2.07. The van der Waals surface area contributed by atoms with Gasteiger partial charge in [0.05, 0.1) is 22.3 Å². The third-order valence-electron chi connectivity index (χ3n) is 3.95. The average Bonchev–Trinajstić information content (AvgIpc) is 3.01. The summed E-state index contributed by atoms with van der Waals surface area (Å²) < 4.78 is 24.8. The van der Waals surface area contributed by atoms with Crippen LogP contribution in [-0.2, 0) is 27.7 Å². The topological polar surface area (TPSA) is 81.1 Å². The van der Waals surface area contributed by atoms with Gasteiger partial charge >= 0.3 is 0 Å². The number of aryl methyl sites for hydroxylation is 1. The molecule has 0 fully saturated rings. The molecule has 0 aliphatic rings. The summed E-state index contributed by atoms with van der Waals surface area (Å²) in [6.45, 7) is 0.924. The average molecular weight is 357 g/mol. The lowest BCUT2D eigenvalue weighted by molar-refractivity contribution is -0.121. The molecule has 0 saturated heterocycles. The third-order valence-corrected chi connectivity index (χ3v) is 5.08. The molecular formula is C18H19N3O3S. The normalized spacial score (nSPS) is 11.6. The second-order valence-electron chi connectivity index (χ2n) is 5.87. The summed E-state index contributed by atoms with van der Waals surface area (Å²) in [5.41, 5.74) is 2.77. The molecule has 25 heavy (non-hydrogen) atoms. The molecule has 0 spiro atoms. The first kappa shape index (κ1) is 17.2. The van der Waals surface area contributed by atoms with Crippen molar-refractivity contribution in [1.82, 2.24) is 14.9 Å². The third kappa shape index (κ3) is 4.24. The summed E-state index contributed by atoms with van der Waals surface area (Å²) in [6.07, 6.45) is 3.26. The Morgan fingerprint density at radius 1 is 1.12 bits per heavy atom. The van der Waals surface area contributed by atoms with Crippen molar-refractivity contribution in [3.05, 3.63) is 60.4 Å². The lowest BCUT2D eigenvalue weighted by Crippen LogP contribution is -2.23.